The minimum absolute atomic E-state index is 0.0194. The first-order chi connectivity index (χ1) is 12.4. The number of hydrogen-bond acceptors (Lipinski definition) is 6. The zero-order valence-corrected chi connectivity index (χ0v) is 14.5. The Balaban J connectivity index is 2.33. The molecule has 26 heavy (non-hydrogen) atoms. The number of carbonyl (C=O) groups excluding carboxylic acids is 1. The van der Waals surface area contributed by atoms with E-state index in [-0.39, 0.29) is 26.1 Å². The molecule has 140 valence electrons. The van der Waals surface area contributed by atoms with Crippen molar-refractivity contribution < 1.29 is 24.9 Å². The molecule has 0 saturated carbocycles. The lowest BCUT2D eigenvalue weighted by molar-refractivity contribution is -0.142. The summed E-state index contributed by atoms with van der Waals surface area (Å²) in [6.45, 7) is 1.38. The van der Waals surface area contributed by atoms with E-state index in [1.807, 2.05) is 6.07 Å². The predicted octanol–water partition coefficient (Wildman–Crippen LogP) is -0.143. The van der Waals surface area contributed by atoms with Crippen molar-refractivity contribution in [2.24, 2.45) is 5.73 Å². The Morgan fingerprint density at radius 3 is 2.62 bits per heavy atom. The number of aromatic nitrogens is 1. The third kappa shape index (κ3) is 4.54. The highest BCUT2D eigenvalue weighted by Crippen LogP contribution is 2.23. The average Bonchev–Trinajstić information content (AvgIpc) is 2.60. The number of para-hydroxylation sites is 1. The summed E-state index contributed by atoms with van der Waals surface area (Å²) in [5, 5.41) is 31.0. The fraction of sp³-hybridized carbons (Fsp3) is 0.389. The van der Waals surface area contributed by atoms with E-state index in [1.54, 1.807) is 25.1 Å². The van der Waals surface area contributed by atoms with Gasteiger partial charge in [0, 0.05) is 24.1 Å². The molecule has 1 heterocycles. The molecule has 0 aliphatic rings. The Labute approximate surface area is 150 Å². The van der Waals surface area contributed by atoms with E-state index in [0.717, 1.165) is 5.39 Å². The van der Waals surface area contributed by atoms with Gasteiger partial charge in [-0.15, -0.1) is 0 Å². The van der Waals surface area contributed by atoms with Crippen LogP contribution in [0.25, 0.3) is 10.9 Å². The van der Waals surface area contributed by atoms with Crippen LogP contribution in [0.15, 0.2) is 24.3 Å². The summed E-state index contributed by atoms with van der Waals surface area (Å²) in [5.41, 5.74) is 8.26. The first kappa shape index (κ1) is 19.8. The highest BCUT2D eigenvalue weighted by atomic mass is 16.4. The highest BCUT2D eigenvalue weighted by molar-refractivity contribution is 5.89. The van der Waals surface area contributed by atoms with E-state index in [4.69, 9.17) is 10.8 Å². The molecule has 0 fully saturated rings. The summed E-state index contributed by atoms with van der Waals surface area (Å²) in [7, 11) is 0. The van der Waals surface area contributed by atoms with Gasteiger partial charge in [-0.2, -0.15) is 0 Å². The summed E-state index contributed by atoms with van der Waals surface area (Å²) in [6.07, 6.45) is 0.0681. The number of hydrogen-bond donors (Lipinski definition) is 5. The van der Waals surface area contributed by atoms with Crippen LogP contribution in [-0.2, 0) is 22.6 Å². The summed E-state index contributed by atoms with van der Waals surface area (Å²) in [6, 6.07) is 4.92. The van der Waals surface area contributed by atoms with Crippen LogP contribution in [-0.4, -0.2) is 50.9 Å². The van der Waals surface area contributed by atoms with Crippen LogP contribution in [0.4, 0.5) is 0 Å². The largest absolute Gasteiger partial charge is 0.480 e. The molecule has 0 aliphatic heterocycles. The lowest BCUT2D eigenvalue weighted by Gasteiger charge is -2.18. The van der Waals surface area contributed by atoms with Gasteiger partial charge in [-0.05, 0) is 30.5 Å². The Morgan fingerprint density at radius 1 is 1.27 bits per heavy atom. The molecule has 1 aromatic heterocycles. The van der Waals surface area contributed by atoms with E-state index in [1.165, 1.54) is 0 Å². The van der Waals surface area contributed by atoms with E-state index in [9.17, 15) is 19.8 Å². The molecule has 1 aromatic carbocycles. The van der Waals surface area contributed by atoms with Crippen molar-refractivity contribution in [3.05, 3.63) is 41.1 Å². The monoisotopic (exact) mass is 361 g/mol. The molecule has 2 rings (SSSR count). The minimum Gasteiger partial charge on any atom is -0.480 e. The number of benzene rings is 1. The van der Waals surface area contributed by atoms with Gasteiger partial charge >= 0.3 is 5.97 Å². The van der Waals surface area contributed by atoms with Crippen molar-refractivity contribution in [1.29, 1.82) is 0 Å². The number of aryl methyl sites for hydroxylation is 1. The van der Waals surface area contributed by atoms with Crippen LogP contribution < -0.4 is 11.1 Å². The maximum atomic E-state index is 12.0. The summed E-state index contributed by atoms with van der Waals surface area (Å²) < 4.78 is 0. The van der Waals surface area contributed by atoms with Gasteiger partial charge in [0.25, 0.3) is 0 Å². The van der Waals surface area contributed by atoms with E-state index >= 15 is 0 Å². The summed E-state index contributed by atoms with van der Waals surface area (Å²) >= 11 is 0. The normalized spacial score (nSPS) is 13.4. The Morgan fingerprint density at radius 2 is 2.00 bits per heavy atom. The number of fused-ring (bicyclic) bond motifs is 1. The second-order valence-corrected chi connectivity index (χ2v) is 6.12. The number of nitrogens with one attached hydrogen (secondary N) is 1. The molecular formula is C18H23N3O5. The molecule has 0 saturated heterocycles. The standard InChI is InChI=1S/C18H23N3O5/c1-10-7-12(9-23)13-4-2-3-11(16(13)20-10)8-15(18(25)26)21-17(24)14(19)5-6-22/h2-4,7,14-15,22-23H,5-6,8-9,19H2,1H3,(H,21,24)(H,25,26)/t14-,15+/m1/s1. The highest BCUT2D eigenvalue weighted by Gasteiger charge is 2.24. The number of nitrogens with two attached hydrogens (primary N) is 1. The van der Waals surface area contributed by atoms with Crippen LogP contribution >= 0.6 is 0 Å². The Kier molecular flexibility index (Phi) is 6.62. The van der Waals surface area contributed by atoms with Crippen LogP contribution in [0.5, 0.6) is 0 Å². The van der Waals surface area contributed by atoms with Crippen molar-refractivity contribution >= 4 is 22.8 Å². The number of aliphatic hydroxyl groups excluding tert-OH is 2. The summed E-state index contributed by atoms with van der Waals surface area (Å²) in [5.74, 6) is -1.83. The number of carboxylic acids is 1. The van der Waals surface area contributed by atoms with Crippen molar-refractivity contribution in [1.82, 2.24) is 10.3 Å². The van der Waals surface area contributed by atoms with Gasteiger partial charge in [0.15, 0.2) is 0 Å². The van der Waals surface area contributed by atoms with E-state index in [0.29, 0.717) is 22.3 Å². The van der Waals surface area contributed by atoms with Crippen LogP contribution in [0.3, 0.4) is 0 Å². The van der Waals surface area contributed by atoms with Crippen molar-refractivity contribution in [3.63, 3.8) is 0 Å². The van der Waals surface area contributed by atoms with Gasteiger partial charge in [-0.3, -0.25) is 9.78 Å². The lowest BCUT2D eigenvalue weighted by Crippen LogP contribution is -2.49. The van der Waals surface area contributed by atoms with Gasteiger partial charge in [0.05, 0.1) is 18.2 Å². The second kappa shape index (κ2) is 8.70. The van der Waals surface area contributed by atoms with Crippen LogP contribution in [0.1, 0.15) is 23.2 Å². The first-order valence-electron chi connectivity index (χ1n) is 8.26. The number of rotatable bonds is 8. The molecular weight excluding hydrogens is 338 g/mol. The van der Waals surface area contributed by atoms with Crippen molar-refractivity contribution in [3.8, 4) is 0 Å². The van der Waals surface area contributed by atoms with Crippen molar-refractivity contribution in [2.45, 2.75) is 38.5 Å². The Hall–Kier alpha value is -2.55. The zero-order chi connectivity index (χ0) is 19.3. The molecule has 0 radical (unpaired) electrons. The SMILES string of the molecule is Cc1cc(CO)c2cccc(C[C@H](NC(=O)[C@H](N)CCO)C(=O)O)c2n1. The fourth-order valence-corrected chi connectivity index (χ4v) is 2.79. The zero-order valence-electron chi connectivity index (χ0n) is 14.5. The molecule has 8 nitrogen and oxygen atoms in total. The number of carboxylic acid groups (broad SMARTS) is 1. The van der Waals surface area contributed by atoms with Gasteiger partial charge in [-0.25, -0.2) is 4.79 Å². The molecule has 2 aromatic rings. The average molecular weight is 361 g/mol. The number of aliphatic hydroxyl groups is 2. The predicted molar refractivity (Wildman–Crippen MR) is 95.4 cm³/mol. The first-order valence-corrected chi connectivity index (χ1v) is 8.26. The molecule has 0 aliphatic carbocycles. The maximum absolute atomic E-state index is 12.0. The molecule has 0 unspecified atom stereocenters. The van der Waals surface area contributed by atoms with Gasteiger partial charge in [-0.1, -0.05) is 18.2 Å². The number of aliphatic carboxylic acids is 1. The molecule has 6 N–H and O–H groups in total. The molecule has 2 atom stereocenters. The third-order valence-electron chi connectivity index (χ3n) is 4.12. The van der Waals surface area contributed by atoms with Crippen molar-refractivity contribution in [2.75, 3.05) is 6.61 Å². The minimum atomic E-state index is -1.19. The topological polar surface area (TPSA) is 146 Å². The molecule has 8 heteroatoms. The van der Waals surface area contributed by atoms with Gasteiger partial charge in [0.1, 0.15) is 6.04 Å². The molecule has 1 amide bonds. The van der Waals surface area contributed by atoms with E-state index in [2.05, 4.69) is 10.3 Å². The van der Waals surface area contributed by atoms with E-state index < -0.39 is 24.0 Å². The smallest absolute Gasteiger partial charge is 0.326 e. The second-order valence-electron chi connectivity index (χ2n) is 6.12. The van der Waals surface area contributed by atoms with Crippen LogP contribution in [0.2, 0.25) is 0 Å². The molecule has 0 bridgehead atoms. The lowest BCUT2D eigenvalue weighted by atomic mass is 9.99. The fourth-order valence-electron chi connectivity index (χ4n) is 2.79. The quantitative estimate of drug-likeness (QED) is 0.440. The number of amides is 1. The number of pyridine rings is 1. The van der Waals surface area contributed by atoms with Gasteiger partial charge < -0.3 is 26.4 Å². The third-order valence-corrected chi connectivity index (χ3v) is 4.12. The number of nitrogens with zero attached hydrogens (tertiary/aromatic N) is 1. The van der Waals surface area contributed by atoms with Crippen LogP contribution in [0, 0.1) is 6.92 Å². The maximum Gasteiger partial charge on any atom is 0.326 e. The van der Waals surface area contributed by atoms with Gasteiger partial charge in [0.2, 0.25) is 5.91 Å². The number of carbonyl (C=O) groups is 2. The molecule has 0 spiro atoms. The summed E-state index contributed by atoms with van der Waals surface area (Å²) in [4.78, 5) is 28.0. The Bertz CT molecular complexity index is 809.